The molecule has 1 aromatic rings. The second-order valence-corrected chi connectivity index (χ2v) is 5.55. The number of pyridine rings is 1. The predicted molar refractivity (Wildman–Crippen MR) is 78.7 cm³/mol. The summed E-state index contributed by atoms with van der Waals surface area (Å²) in [5.41, 5.74) is 7.24. The Morgan fingerprint density at radius 3 is 2.70 bits per heavy atom. The molecule has 0 bridgehead atoms. The van der Waals surface area contributed by atoms with Gasteiger partial charge in [-0.25, -0.2) is 0 Å². The van der Waals surface area contributed by atoms with Crippen LogP contribution in [0.2, 0.25) is 0 Å². The van der Waals surface area contributed by atoms with Crippen molar-refractivity contribution in [2.45, 2.75) is 32.5 Å². The maximum Gasteiger partial charge on any atom is 0.189 e. The number of aromatic nitrogens is 1. The molecule has 110 valence electrons. The minimum absolute atomic E-state index is 0.0656. The highest BCUT2D eigenvalue weighted by molar-refractivity contribution is 5.96. The van der Waals surface area contributed by atoms with Crippen molar-refractivity contribution in [1.82, 2.24) is 14.8 Å². The van der Waals surface area contributed by atoms with Crippen LogP contribution in [0.3, 0.4) is 0 Å². The van der Waals surface area contributed by atoms with Crippen LogP contribution in [-0.4, -0.2) is 58.0 Å². The van der Waals surface area contributed by atoms with Crippen LogP contribution in [-0.2, 0) is 6.54 Å². The SMILES string of the molecule is CC1CN(Cc2cccnc2/C(N)=N/O)CC(C)N1C. The van der Waals surface area contributed by atoms with Crippen LogP contribution >= 0.6 is 0 Å². The lowest BCUT2D eigenvalue weighted by Gasteiger charge is -2.42. The van der Waals surface area contributed by atoms with Gasteiger partial charge in [0.15, 0.2) is 5.84 Å². The van der Waals surface area contributed by atoms with Crippen molar-refractivity contribution in [3.63, 3.8) is 0 Å². The van der Waals surface area contributed by atoms with E-state index in [9.17, 15) is 0 Å². The Bertz CT molecular complexity index is 478. The van der Waals surface area contributed by atoms with Gasteiger partial charge in [-0.15, -0.1) is 0 Å². The third-order valence-corrected chi connectivity index (χ3v) is 4.07. The Hall–Kier alpha value is -1.66. The Morgan fingerprint density at radius 2 is 2.10 bits per heavy atom. The largest absolute Gasteiger partial charge is 0.409 e. The summed E-state index contributed by atoms with van der Waals surface area (Å²) in [5.74, 6) is 0.0656. The number of amidine groups is 1. The molecule has 1 aliphatic rings. The first-order valence-corrected chi connectivity index (χ1v) is 6.89. The van der Waals surface area contributed by atoms with E-state index < -0.39 is 0 Å². The molecule has 0 amide bonds. The Morgan fingerprint density at radius 1 is 1.45 bits per heavy atom. The molecule has 0 spiro atoms. The summed E-state index contributed by atoms with van der Waals surface area (Å²) in [6, 6.07) is 4.89. The lowest BCUT2D eigenvalue weighted by atomic mass is 10.1. The quantitative estimate of drug-likeness (QED) is 0.368. The molecule has 2 heterocycles. The van der Waals surface area contributed by atoms with E-state index in [0.717, 1.165) is 25.2 Å². The van der Waals surface area contributed by atoms with Crippen molar-refractivity contribution in [2.24, 2.45) is 10.9 Å². The zero-order valence-electron chi connectivity index (χ0n) is 12.3. The molecule has 0 radical (unpaired) electrons. The second-order valence-electron chi connectivity index (χ2n) is 5.55. The van der Waals surface area contributed by atoms with Gasteiger partial charge >= 0.3 is 0 Å². The molecule has 20 heavy (non-hydrogen) atoms. The summed E-state index contributed by atoms with van der Waals surface area (Å²) >= 11 is 0. The summed E-state index contributed by atoms with van der Waals surface area (Å²) in [6.45, 7) is 7.24. The molecule has 1 fully saturated rings. The number of likely N-dealkylation sites (N-methyl/N-ethyl adjacent to an activating group) is 1. The molecule has 0 saturated carbocycles. The smallest absolute Gasteiger partial charge is 0.189 e. The maximum absolute atomic E-state index is 8.84. The summed E-state index contributed by atoms with van der Waals surface area (Å²) < 4.78 is 0. The van der Waals surface area contributed by atoms with Crippen LogP contribution in [0.1, 0.15) is 25.1 Å². The van der Waals surface area contributed by atoms with Crippen molar-refractivity contribution in [2.75, 3.05) is 20.1 Å². The van der Waals surface area contributed by atoms with Gasteiger partial charge in [0.05, 0.1) is 0 Å². The highest BCUT2D eigenvalue weighted by atomic mass is 16.4. The van der Waals surface area contributed by atoms with Gasteiger partial charge in [0.2, 0.25) is 0 Å². The zero-order chi connectivity index (χ0) is 14.7. The monoisotopic (exact) mass is 277 g/mol. The highest BCUT2D eigenvalue weighted by Crippen LogP contribution is 2.17. The van der Waals surface area contributed by atoms with Gasteiger partial charge in [0.25, 0.3) is 0 Å². The van der Waals surface area contributed by atoms with E-state index in [4.69, 9.17) is 10.9 Å². The van der Waals surface area contributed by atoms with Crippen LogP contribution in [0.25, 0.3) is 0 Å². The first-order chi connectivity index (χ1) is 9.52. The van der Waals surface area contributed by atoms with E-state index in [1.165, 1.54) is 0 Å². The van der Waals surface area contributed by atoms with Crippen LogP contribution in [0.4, 0.5) is 0 Å². The van der Waals surface area contributed by atoms with Crippen molar-refractivity contribution >= 4 is 5.84 Å². The molecule has 2 unspecified atom stereocenters. The zero-order valence-corrected chi connectivity index (χ0v) is 12.3. The molecule has 1 aliphatic heterocycles. The Kier molecular flexibility index (Phi) is 4.57. The fourth-order valence-corrected chi connectivity index (χ4v) is 2.73. The summed E-state index contributed by atoms with van der Waals surface area (Å²) in [5, 5.41) is 11.9. The van der Waals surface area contributed by atoms with Crippen LogP contribution in [0.15, 0.2) is 23.5 Å². The Balaban J connectivity index is 2.15. The normalized spacial score (nSPS) is 25.9. The number of hydrogen-bond donors (Lipinski definition) is 2. The van der Waals surface area contributed by atoms with E-state index >= 15 is 0 Å². The lowest BCUT2D eigenvalue weighted by molar-refractivity contribution is 0.0555. The second kappa shape index (κ2) is 6.19. The predicted octanol–water partition coefficient (Wildman–Crippen LogP) is 0.701. The van der Waals surface area contributed by atoms with Crippen molar-refractivity contribution in [3.05, 3.63) is 29.6 Å². The first kappa shape index (κ1) is 14.7. The van der Waals surface area contributed by atoms with Gasteiger partial charge in [0, 0.05) is 37.9 Å². The van der Waals surface area contributed by atoms with Gasteiger partial charge in [-0.3, -0.25) is 14.8 Å². The van der Waals surface area contributed by atoms with Crippen LogP contribution in [0, 0.1) is 0 Å². The van der Waals surface area contributed by atoms with Crippen molar-refractivity contribution < 1.29 is 5.21 Å². The van der Waals surface area contributed by atoms with E-state index in [1.54, 1.807) is 6.20 Å². The molecule has 3 N–H and O–H groups in total. The standard InChI is InChI=1S/C14H23N5O/c1-10-7-19(8-11(2)18(10)3)9-12-5-4-6-16-13(12)14(15)17-20/h4-6,10-11,20H,7-9H2,1-3H3,(H2,15,17). The topological polar surface area (TPSA) is 78.0 Å². The average Bonchev–Trinajstić information content (AvgIpc) is 2.44. The molecule has 2 atom stereocenters. The van der Waals surface area contributed by atoms with Gasteiger partial charge < -0.3 is 10.9 Å². The first-order valence-electron chi connectivity index (χ1n) is 6.89. The maximum atomic E-state index is 8.84. The van der Waals surface area contributed by atoms with Crippen molar-refractivity contribution in [3.8, 4) is 0 Å². The molecule has 0 aliphatic carbocycles. The van der Waals surface area contributed by atoms with E-state index in [1.807, 2.05) is 12.1 Å². The molecular formula is C14H23N5O. The number of nitrogens with two attached hydrogens (primary N) is 1. The molecule has 0 aromatic carbocycles. The summed E-state index contributed by atoms with van der Waals surface area (Å²) in [7, 11) is 2.17. The van der Waals surface area contributed by atoms with E-state index in [2.05, 4.69) is 40.8 Å². The number of hydrogen-bond acceptors (Lipinski definition) is 5. The Labute approximate surface area is 119 Å². The van der Waals surface area contributed by atoms with Gasteiger partial charge in [-0.2, -0.15) is 0 Å². The number of rotatable bonds is 3. The average molecular weight is 277 g/mol. The molecular weight excluding hydrogens is 254 g/mol. The van der Waals surface area contributed by atoms with Crippen molar-refractivity contribution in [1.29, 1.82) is 0 Å². The minimum Gasteiger partial charge on any atom is -0.409 e. The van der Waals surface area contributed by atoms with Gasteiger partial charge in [-0.05, 0) is 32.5 Å². The number of oxime groups is 1. The summed E-state index contributed by atoms with van der Waals surface area (Å²) in [4.78, 5) is 9.00. The van der Waals surface area contributed by atoms with Crippen LogP contribution in [0.5, 0.6) is 0 Å². The fourth-order valence-electron chi connectivity index (χ4n) is 2.73. The minimum atomic E-state index is 0.0656. The third kappa shape index (κ3) is 3.08. The third-order valence-electron chi connectivity index (χ3n) is 4.07. The van der Waals surface area contributed by atoms with Gasteiger partial charge in [-0.1, -0.05) is 11.2 Å². The highest BCUT2D eigenvalue weighted by Gasteiger charge is 2.26. The molecule has 6 heteroatoms. The van der Waals surface area contributed by atoms with Crippen LogP contribution < -0.4 is 5.73 Å². The van der Waals surface area contributed by atoms with E-state index in [-0.39, 0.29) is 5.84 Å². The number of nitrogens with zero attached hydrogens (tertiary/aromatic N) is 4. The molecule has 1 aromatic heterocycles. The fraction of sp³-hybridized carbons (Fsp3) is 0.571. The molecule has 2 rings (SSSR count). The lowest BCUT2D eigenvalue weighted by Crippen LogP contribution is -2.54. The van der Waals surface area contributed by atoms with Gasteiger partial charge in [0.1, 0.15) is 5.69 Å². The molecule has 6 nitrogen and oxygen atoms in total. The molecule has 1 saturated heterocycles. The van der Waals surface area contributed by atoms with E-state index in [0.29, 0.717) is 17.8 Å². The summed E-state index contributed by atoms with van der Waals surface area (Å²) in [6.07, 6.45) is 1.66. The number of piperazine rings is 1.